The quantitative estimate of drug-likeness (QED) is 0.506. The van der Waals surface area contributed by atoms with Gasteiger partial charge in [-0.25, -0.2) is 0 Å². The topological polar surface area (TPSA) is 79.0 Å². The highest BCUT2D eigenvalue weighted by molar-refractivity contribution is 4.96. The molecule has 0 radical (unpaired) electrons. The summed E-state index contributed by atoms with van der Waals surface area (Å²) in [5, 5.41) is 17.5. The lowest BCUT2D eigenvalue weighted by atomic mass is 10.3. The van der Waals surface area contributed by atoms with Crippen LogP contribution in [0.5, 0.6) is 0 Å². The molecule has 1 aliphatic heterocycles. The van der Waals surface area contributed by atoms with Crippen LogP contribution in [0, 0.1) is 0 Å². The van der Waals surface area contributed by atoms with E-state index in [4.69, 9.17) is 20.7 Å². The minimum absolute atomic E-state index is 0.0553. The molecular formula is C8H16N2O3. The predicted octanol–water partition coefficient (Wildman–Crippen LogP) is -1.18. The summed E-state index contributed by atoms with van der Waals surface area (Å²) in [6.45, 7) is 1.10. The summed E-state index contributed by atoms with van der Waals surface area (Å²) >= 11 is 0. The van der Waals surface area contributed by atoms with Gasteiger partial charge in [0.2, 0.25) is 0 Å². The summed E-state index contributed by atoms with van der Waals surface area (Å²) in [6.07, 6.45) is 2.39. The van der Waals surface area contributed by atoms with Gasteiger partial charge in [0.15, 0.2) is 12.1 Å². The lowest BCUT2D eigenvalue weighted by Gasteiger charge is -2.26. The Morgan fingerprint density at radius 3 is 2.46 bits per heavy atom. The molecule has 1 atom stereocenters. The van der Waals surface area contributed by atoms with Crippen molar-refractivity contribution in [3.8, 4) is 0 Å². The van der Waals surface area contributed by atoms with Crippen molar-refractivity contribution in [1.29, 1.82) is 0 Å². The summed E-state index contributed by atoms with van der Waals surface area (Å²) in [4.78, 5) is 1.86. The molecule has 0 amide bonds. The highest BCUT2D eigenvalue weighted by Gasteiger charge is 2.22. The molecular weight excluding hydrogens is 172 g/mol. The number of aliphatic hydroxyl groups excluding tert-OH is 2. The second-order valence-corrected chi connectivity index (χ2v) is 2.90. The van der Waals surface area contributed by atoms with Gasteiger partial charge < -0.3 is 20.7 Å². The van der Waals surface area contributed by atoms with Gasteiger partial charge in [-0.3, -0.25) is 4.90 Å². The van der Waals surface area contributed by atoms with Crippen molar-refractivity contribution in [1.82, 2.24) is 4.90 Å². The molecule has 5 heteroatoms. The van der Waals surface area contributed by atoms with Crippen LogP contribution in [0.15, 0.2) is 12.0 Å². The standard InChI is InChI=1S/C8H16N2O3/c9-7-1-2-8(13-7)10(3-5-11)4-6-12/h1,8,11-12H,2-6,9H2. The molecule has 1 rings (SSSR count). The molecule has 0 aliphatic carbocycles. The summed E-state index contributed by atoms with van der Waals surface area (Å²) in [5.74, 6) is 0.422. The molecule has 0 aromatic heterocycles. The van der Waals surface area contributed by atoms with Crippen LogP contribution in [0.25, 0.3) is 0 Å². The third-order valence-electron chi connectivity index (χ3n) is 1.97. The van der Waals surface area contributed by atoms with E-state index in [1.807, 2.05) is 4.90 Å². The molecule has 0 aromatic carbocycles. The molecule has 1 heterocycles. The Kier molecular flexibility index (Phi) is 4.01. The number of hydrogen-bond acceptors (Lipinski definition) is 5. The predicted molar refractivity (Wildman–Crippen MR) is 47.5 cm³/mol. The number of hydrogen-bond donors (Lipinski definition) is 3. The maximum atomic E-state index is 8.76. The van der Waals surface area contributed by atoms with Crippen LogP contribution in [0.3, 0.4) is 0 Å². The smallest absolute Gasteiger partial charge is 0.182 e. The Morgan fingerprint density at radius 2 is 2.08 bits per heavy atom. The van der Waals surface area contributed by atoms with E-state index in [2.05, 4.69) is 0 Å². The minimum Gasteiger partial charge on any atom is -0.461 e. The van der Waals surface area contributed by atoms with E-state index in [0.29, 0.717) is 25.4 Å². The van der Waals surface area contributed by atoms with Crippen molar-refractivity contribution in [2.75, 3.05) is 26.3 Å². The van der Waals surface area contributed by atoms with Gasteiger partial charge in [0.1, 0.15) is 0 Å². The van der Waals surface area contributed by atoms with E-state index in [-0.39, 0.29) is 19.4 Å². The van der Waals surface area contributed by atoms with Gasteiger partial charge in [0, 0.05) is 19.5 Å². The number of rotatable bonds is 5. The highest BCUT2D eigenvalue weighted by Crippen LogP contribution is 2.16. The van der Waals surface area contributed by atoms with Gasteiger partial charge in [-0.1, -0.05) is 0 Å². The lowest BCUT2D eigenvalue weighted by molar-refractivity contribution is -0.0206. The fraction of sp³-hybridized carbons (Fsp3) is 0.750. The molecule has 0 saturated heterocycles. The SMILES string of the molecule is NC1=CCC(N(CCO)CCO)O1. The number of aliphatic hydroxyl groups is 2. The lowest BCUT2D eigenvalue weighted by Crippen LogP contribution is -2.39. The van der Waals surface area contributed by atoms with Crippen LogP contribution in [0.1, 0.15) is 6.42 Å². The molecule has 76 valence electrons. The van der Waals surface area contributed by atoms with Crippen molar-refractivity contribution < 1.29 is 14.9 Å². The summed E-state index contributed by atoms with van der Waals surface area (Å²) in [7, 11) is 0. The van der Waals surface area contributed by atoms with Crippen molar-refractivity contribution in [2.24, 2.45) is 5.73 Å². The maximum Gasteiger partial charge on any atom is 0.182 e. The van der Waals surface area contributed by atoms with Crippen molar-refractivity contribution in [3.63, 3.8) is 0 Å². The zero-order valence-corrected chi connectivity index (χ0v) is 7.52. The van der Waals surface area contributed by atoms with E-state index in [1.54, 1.807) is 6.08 Å². The van der Waals surface area contributed by atoms with Crippen LogP contribution < -0.4 is 5.73 Å². The molecule has 0 spiro atoms. The van der Waals surface area contributed by atoms with Crippen LogP contribution >= 0.6 is 0 Å². The number of nitrogens with zero attached hydrogens (tertiary/aromatic N) is 1. The second kappa shape index (κ2) is 5.06. The van der Waals surface area contributed by atoms with Gasteiger partial charge in [-0.2, -0.15) is 0 Å². The van der Waals surface area contributed by atoms with Crippen molar-refractivity contribution in [3.05, 3.63) is 12.0 Å². The number of ether oxygens (including phenoxy) is 1. The van der Waals surface area contributed by atoms with Gasteiger partial charge in [0.25, 0.3) is 0 Å². The normalized spacial score (nSPS) is 21.8. The Morgan fingerprint density at radius 1 is 1.46 bits per heavy atom. The van der Waals surface area contributed by atoms with Crippen molar-refractivity contribution >= 4 is 0 Å². The zero-order valence-electron chi connectivity index (χ0n) is 7.52. The molecule has 5 nitrogen and oxygen atoms in total. The molecule has 0 fully saturated rings. The number of nitrogens with two attached hydrogens (primary N) is 1. The Hall–Kier alpha value is -0.780. The molecule has 0 saturated carbocycles. The zero-order chi connectivity index (χ0) is 9.68. The average molecular weight is 188 g/mol. The van der Waals surface area contributed by atoms with Gasteiger partial charge in [-0.05, 0) is 6.08 Å². The largest absolute Gasteiger partial charge is 0.461 e. The van der Waals surface area contributed by atoms with E-state index in [0.717, 1.165) is 0 Å². The van der Waals surface area contributed by atoms with E-state index in [1.165, 1.54) is 0 Å². The summed E-state index contributed by atoms with van der Waals surface area (Å²) in [6, 6.07) is 0. The van der Waals surface area contributed by atoms with Gasteiger partial charge in [0.05, 0.1) is 13.2 Å². The van der Waals surface area contributed by atoms with Crippen LogP contribution in [-0.4, -0.2) is 47.6 Å². The van der Waals surface area contributed by atoms with E-state index < -0.39 is 0 Å². The molecule has 1 aliphatic rings. The third kappa shape index (κ3) is 2.87. The monoisotopic (exact) mass is 188 g/mol. The summed E-state index contributed by atoms with van der Waals surface area (Å²) in [5.41, 5.74) is 5.44. The third-order valence-corrected chi connectivity index (χ3v) is 1.97. The highest BCUT2D eigenvalue weighted by atomic mass is 16.5. The summed E-state index contributed by atoms with van der Waals surface area (Å²) < 4.78 is 5.27. The fourth-order valence-corrected chi connectivity index (χ4v) is 1.35. The molecule has 4 N–H and O–H groups in total. The Labute approximate surface area is 77.4 Å². The molecule has 13 heavy (non-hydrogen) atoms. The first-order valence-electron chi connectivity index (χ1n) is 4.36. The van der Waals surface area contributed by atoms with Crippen LogP contribution in [-0.2, 0) is 4.74 Å². The Balaban J connectivity index is 2.37. The first-order chi connectivity index (χ1) is 6.27. The molecule has 1 unspecified atom stereocenters. The van der Waals surface area contributed by atoms with Gasteiger partial charge in [-0.15, -0.1) is 0 Å². The second-order valence-electron chi connectivity index (χ2n) is 2.90. The molecule has 0 bridgehead atoms. The maximum absolute atomic E-state index is 8.76. The first kappa shape index (κ1) is 10.3. The fourth-order valence-electron chi connectivity index (χ4n) is 1.35. The van der Waals surface area contributed by atoms with Crippen LogP contribution in [0.4, 0.5) is 0 Å². The first-order valence-corrected chi connectivity index (χ1v) is 4.36. The molecule has 0 aromatic rings. The average Bonchev–Trinajstić information content (AvgIpc) is 2.51. The Bertz CT molecular complexity index is 178. The van der Waals surface area contributed by atoms with Gasteiger partial charge >= 0.3 is 0 Å². The van der Waals surface area contributed by atoms with Crippen molar-refractivity contribution in [2.45, 2.75) is 12.6 Å². The van der Waals surface area contributed by atoms with E-state index >= 15 is 0 Å². The van der Waals surface area contributed by atoms with Crippen LogP contribution in [0.2, 0.25) is 0 Å². The minimum atomic E-state index is -0.126. The van der Waals surface area contributed by atoms with E-state index in [9.17, 15) is 0 Å².